The van der Waals surface area contributed by atoms with Gasteiger partial charge in [0.15, 0.2) is 0 Å². The highest BCUT2D eigenvalue weighted by atomic mass is 79.9. The molecule has 2 aromatic rings. The summed E-state index contributed by atoms with van der Waals surface area (Å²) < 4.78 is 27.3. The first-order valence-corrected chi connectivity index (χ1v) is 6.91. The van der Waals surface area contributed by atoms with Gasteiger partial charge in [-0.25, -0.2) is 8.78 Å². The molecule has 1 amide bonds. The van der Waals surface area contributed by atoms with Crippen LogP contribution in [0.4, 0.5) is 14.5 Å². The lowest BCUT2D eigenvalue weighted by Gasteiger charge is -2.07. The highest BCUT2D eigenvalue weighted by molar-refractivity contribution is 9.10. The van der Waals surface area contributed by atoms with Crippen molar-refractivity contribution in [3.63, 3.8) is 0 Å². The monoisotopic (exact) mass is 346 g/mol. The van der Waals surface area contributed by atoms with Gasteiger partial charge in [-0.3, -0.25) is 4.79 Å². The normalized spacial score (nSPS) is 10.5. The molecule has 0 aliphatic rings. The Morgan fingerprint density at radius 1 is 1.37 bits per heavy atom. The highest BCUT2D eigenvalue weighted by Crippen LogP contribution is 2.22. The molecule has 1 heterocycles. The van der Waals surface area contributed by atoms with E-state index in [1.54, 1.807) is 0 Å². The summed E-state index contributed by atoms with van der Waals surface area (Å²) in [4.78, 5) is 12.7. The van der Waals surface area contributed by atoms with Crippen molar-refractivity contribution in [3.05, 3.63) is 50.1 Å². The number of amides is 1. The van der Waals surface area contributed by atoms with Gasteiger partial charge in [-0.05, 0) is 33.4 Å². The Labute approximate surface area is 120 Å². The molecule has 0 saturated carbocycles. The van der Waals surface area contributed by atoms with Crippen molar-refractivity contribution in [3.8, 4) is 0 Å². The van der Waals surface area contributed by atoms with Crippen molar-refractivity contribution < 1.29 is 13.6 Å². The summed E-state index contributed by atoms with van der Waals surface area (Å²) in [5, 5.41) is 4.42. The van der Waals surface area contributed by atoms with Crippen LogP contribution < -0.4 is 11.1 Å². The molecule has 0 radical (unpaired) electrons. The molecule has 0 saturated heterocycles. The van der Waals surface area contributed by atoms with Crippen LogP contribution in [0.2, 0.25) is 0 Å². The van der Waals surface area contributed by atoms with E-state index in [2.05, 4.69) is 21.2 Å². The molecule has 0 unspecified atom stereocenters. The molecular weight excluding hydrogens is 338 g/mol. The Bertz CT molecular complexity index is 630. The molecule has 0 bridgehead atoms. The van der Waals surface area contributed by atoms with E-state index >= 15 is 0 Å². The Morgan fingerprint density at radius 2 is 2.11 bits per heavy atom. The second-order valence-corrected chi connectivity index (χ2v) is 5.58. The second kappa shape index (κ2) is 5.66. The smallest absolute Gasteiger partial charge is 0.254 e. The zero-order chi connectivity index (χ0) is 14.0. The maximum atomic E-state index is 13.5. The zero-order valence-corrected chi connectivity index (χ0v) is 11.9. The summed E-state index contributed by atoms with van der Waals surface area (Å²) in [5.74, 6) is -2.45. The van der Waals surface area contributed by atoms with E-state index in [9.17, 15) is 13.6 Å². The number of hydrogen-bond donors (Lipinski definition) is 2. The third-order valence-corrected chi connectivity index (χ3v) is 4.36. The number of thiophene rings is 1. The number of hydrogen-bond acceptors (Lipinski definition) is 3. The summed E-state index contributed by atoms with van der Waals surface area (Å²) in [6.07, 6.45) is 0. The van der Waals surface area contributed by atoms with Gasteiger partial charge in [0.1, 0.15) is 11.6 Å². The standard InChI is InChI=1S/C12H9BrF2N2OS/c13-7-1-2-19-11(7)5-17-12(18)6-3-10(16)9(15)4-8(6)14/h1-4H,5,16H2,(H,17,18). The Morgan fingerprint density at radius 3 is 2.74 bits per heavy atom. The molecule has 1 aromatic carbocycles. The van der Waals surface area contributed by atoms with Crippen molar-refractivity contribution in [2.45, 2.75) is 6.54 Å². The minimum Gasteiger partial charge on any atom is -0.396 e. The van der Waals surface area contributed by atoms with Crippen LogP contribution in [-0.4, -0.2) is 5.91 Å². The van der Waals surface area contributed by atoms with Gasteiger partial charge < -0.3 is 11.1 Å². The van der Waals surface area contributed by atoms with Gasteiger partial charge in [0.25, 0.3) is 5.91 Å². The van der Waals surface area contributed by atoms with E-state index in [0.29, 0.717) is 6.07 Å². The maximum Gasteiger partial charge on any atom is 0.254 e. The summed E-state index contributed by atoms with van der Waals surface area (Å²) >= 11 is 4.78. The average Bonchev–Trinajstić information content (AvgIpc) is 2.76. The van der Waals surface area contributed by atoms with E-state index in [-0.39, 0.29) is 17.8 Å². The van der Waals surface area contributed by atoms with E-state index in [4.69, 9.17) is 5.73 Å². The lowest BCUT2D eigenvalue weighted by Crippen LogP contribution is -2.24. The molecule has 19 heavy (non-hydrogen) atoms. The fourth-order valence-electron chi connectivity index (χ4n) is 1.45. The van der Waals surface area contributed by atoms with E-state index in [1.165, 1.54) is 11.3 Å². The van der Waals surface area contributed by atoms with Gasteiger partial charge >= 0.3 is 0 Å². The van der Waals surface area contributed by atoms with Gasteiger partial charge in [0.05, 0.1) is 17.8 Å². The Hall–Kier alpha value is -1.47. The topological polar surface area (TPSA) is 55.1 Å². The third-order valence-electron chi connectivity index (χ3n) is 2.43. The number of carbonyl (C=O) groups excluding carboxylic acids is 1. The molecule has 0 atom stereocenters. The first-order valence-electron chi connectivity index (χ1n) is 5.23. The predicted octanol–water partition coefficient (Wildman–Crippen LogP) is 3.30. The number of nitrogen functional groups attached to an aromatic ring is 1. The third kappa shape index (κ3) is 3.10. The first kappa shape index (κ1) is 14.0. The largest absolute Gasteiger partial charge is 0.396 e. The minimum absolute atomic E-state index is 0.258. The number of rotatable bonds is 3. The molecule has 0 aliphatic carbocycles. The quantitative estimate of drug-likeness (QED) is 0.837. The Balaban J connectivity index is 2.12. The van der Waals surface area contributed by atoms with Crippen molar-refractivity contribution >= 4 is 38.9 Å². The number of nitrogens with two attached hydrogens (primary N) is 1. The van der Waals surface area contributed by atoms with Crippen molar-refractivity contribution in [1.82, 2.24) is 5.32 Å². The fourth-order valence-corrected chi connectivity index (χ4v) is 2.88. The molecule has 7 heteroatoms. The molecule has 3 nitrogen and oxygen atoms in total. The molecule has 100 valence electrons. The fraction of sp³-hybridized carbons (Fsp3) is 0.0833. The number of halogens is 3. The van der Waals surface area contributed by atoms with Crippen molar-refractivity contribution in [2.24, 2.45) is 0 Å². The van der Waals surface area contributed by atoms with Crippen LogP contribution >= 0.6 is 27.3 Å². The Kier molecular flexibility index (Phi) is 4.16. The van der Waals surface area contributed by atoms with Gasteiger partial charge in [0, 0.05) is 15.4 Å². The van der Waals surface area contributed by atoms with Gasteiger partial charge in [-0.1, -0.05) is 0 Å². The van der Waals surface area contributed by atoms with Crippen LogP contribution in [0.1, 0.15) is 15.2 Å². The molecule has 2 rings (SSSR count). The maximum absolute atomic E-state index is 13.5. The lowest BCUT2D eigenvalue weighted by molar-refractivity contribution is 0.0947. The molecule has 0 spiro atoms. The summed E-state index contributed by atoms with van der Waals surface area (Å²) in [6.45, 7) is 0.258. The second-order valence-electron chi connectivity index (χ2n) is 3.73. The number of carbonyl (C=O) groups is 1. The number of nitrogens with one attached hydrogen (secondary N) is 1. The molecular formula is C12H9BrF2N2OS. The van der Waals surface area contributed by atoms with Crippen LogP contribution in [0.5, 0.6) is 0 Å². The van der Waals surface area contributed by atoms with E-state index in [1.807, 2.05) is 11.4 Å². The van der Waals surface area contributed by atoms with Gasteiger partial charge in [-0.2, -0.15) is 0 Å². The predicted molar refractivity (Wildman–Crippen MR) is 74.0 cm³/mol. The SMILES string of the molecule is Nc1cc(C(=O)NCc2sccc2Br)c(F)cc1F. The van der Waals surface area contributed by atoms with Crippen LogP contribution in [0.25, 0.3) is 0 Å². The molecule has 0 aliphatic heterocycles. The zero-order valence-electron chi connectivity index (χ0n) is 9.54. The summed E-state index contributed by atoms with van der Waals surface area (Å²) in [5.41, 5.74) is 4.78. The highest BCUT2D eigenvalue weighted by Gasteiger charge is 2.15. The lowest BCUT2D eigenvalue weighted by atomic mass is 10.1. The average molecular weight is 347 g/mol. The van der Waals surface area contributed by atoms with E-state index in [0.717, 1.165) is 15.4 Å². The van der Waals surface area contributed by atoms with Crippen LogP contribution in [0.3, 0.4) is 0 Å². The number of anilines is 1. The van der Waals surface area contributed by atoms with Crippen molar-refractivity contribution in [1.29, 1.82) is 0 Å². The van der Waals surface area contributed by atoms with Gasteiger partial charge in [-0.15, -0.1) is 11.3 Å². The van der Waals surface area contributed by atoms with Gasteiger partial charge in [0.2, 0.25) is 0 Å². The number of benzene rings is 1. The summed E-state index contributed by atoms with van der Waals surface area (Å²) in [6, 6.07) is 3.44. The molecule has 3 N–H and O–H groups in total. The minimum atomic E-state index is -0.936. The van der Waals surface area contributed by atoms with E-state index < -0.39 is 17.5 Å². The van der Waals surface area contributed by atoms with Crippen LogP contribution in [-0.2, 0) is 6.54 Å². The molecule has 1 aromatic heterocycles. The molecule has 0 fully saturated rings. The van der Waals surface area contributed by atoms with Crippen molar-refractivity contribution in [2.75, 3.05) is 5.73 Å². The first-order chi connectivity index (χ1) is 8.99. The van der Waals surface area contributed by atoms with Crippen LogP contribution in [0, 0.1) is 11.6 Å². The van der Waals surface area contributed by atoms with Crippen LogP contribution in [0.15, 0.2) is 28.1 Å². The summed E-state index contributed by atoms with van der Waals surface area (Å²) in [7, 11) is 0.